The number of hydrogen-bond donors (Lipinski definition) is 0. The number of carbonyl (C=O) groups is 1. The number of benzene rings is 3. The Kier molecular flexibility index (Phi) is 6.68. The minimum absolute atomic E-state index is 0.149. The first-order valence-electron chi connectivity index (χ1n) is 11.3. The molecule has 5 aromatic rings. The van der Waals surface area contributed by atoms with Gasteiger partial charge < -0.3 is 9.47 Å². The molecule has 0 bridgehead atoms. The van der Waals surface area contributed by atoms with Crippen molar-refractivity contribution in [2.75, 3.05) is 11.5 Å². The molecule has 2 aromatic heterocycles. The van der Waals surface area contributed by atoms with E-state index in [4.69, 9.17) is 14.5 Å². The molecular weight excluding hydrogens is 458 g/mol. The second-order valence-electron chi connectivity index (χ2n) is 7.75. The maximum absolute atomic E-state index is 13.7. The van der Waals surface area contributed by atoms with Gasteiger partial charge in [0.05, 0.1) is 23.4 Å². The fraction of sp³-hybridized carbons (Fsp3) is 0.107. The average Bonchev–Trinajstić information content (AvgIpc) is 3.32. The lowest BCUT2D eigenvalue weighted by Gasteiger charge is -2.20. The highest BCUT2D eigenvalue weighted by Gasteiger charge is 2.22. The smallest absolute Gasteiger partial charge is 0.260 e. The number of ether oxygens (including phenoxy) is 2. The number of carbonyl (C=O) groups excluding carboxylic acids is 1. The van der Waals surface area contributed by atoms with Crippen molar-refractivity contribution < 1.29 is 14.3 Å². The molecule has 0 aliphatic heterocycles. The van der Waals surface area contributed by atoms with Crippen molar-refractivity contribution in [3.8, 4) is 17.2 Å². The van der Waals surface area contributed by atoms with Crippen LogP contribution >= 0.6 is 11.3 Å². The van der Waals surface area contributed by atoms with Crippen LogP contribution in [0.2, 0.25) is 0 Å². The Labute approximate surface area is 207 Å². The summed E-state index contributed by atoms with van der Waals surface area (Å²) in [6.07, 6.45) is 3.48. The van der Waals surface area contributed by atoms with E-state index < -0.39 is 0 Å². The molecule has 0 aliphatic rings. The highest BCUT2D eigenvalue weighted by Crippen LogP contribution is 2.33. The molecule has 0 fully saturated rings. The van der Waals surface area contributed by atoms with Gasteiger partial charge >= 0.3 is 0 Å². The van der Waals surface area contributed by atoms with Gasteiger partial charge in [-0.1, -0.05) is 35.6 Å². The topological polar surface area (TPSA) is 64.5 Å². The highest BCUT2D eigenvalue weighted by atomic mass is 32.1. The molecule has 0 aliphatic carbocycles. The third-order valence-corrected chi connectivity index (χ3v) is 6.32. The largest absolute Gasteiger partial charge is 0.494 e. The molecule has 35 heavy (non-hydrogen) atoms. The third kappa shape index (κ3) is 5.31. The molecule has 3 aromatic carbocycles. The van der Waals surface area contributed by atoms with Gasteiger partial charge in [0.2, 0.25) is 0 Å². The van der Waals surface area contributed by atoms with Crippen LogP contribution in [0.15, 0.2) is 97.3 Å². The molecule has 1 amide bonds. The fourth-order valence-electron chi connectivity index (χ4n) is 3.61. The molecule has 5 rings (SSSR count). The number of amides is 1. The van der Waals surface area contributed by atoms with Crippen LogP contribution in [0.5, 0.6) is 17.2 Å². The lowest BCUT2D eigenvalue weighted by Crippen LogP contribution is -2.30. The number of rotatable bonds is 8. The van der Waals surface area contributed by atoms with Crippen LogP contribution in [0.4, 0.5) is 5.13 Å². The van der Waals surface area contributed by atoms with E-state index in [2.05, 4.69) is 4.98 Å². The number of para-hydroxylation sites is 1. The predicted octanol–water partition coefficient (Wildman–Crippen LogP) is 6.73. The first kappa shape index (κ1) is 22.6. The van der Waals surface area contributed by atoms with Gasteiger partial charge in [-0.2, -0.15) is 0 Å². The fourth-order valence-corrected chi connectivity index (χ4v) is 4.60. The van der Waals surface area contributed by atoms with E-state index in [1.165, 1.54) is 11.3 Å². The second-order valence-corrected chi connectivity index (χ2v) is 8.76. The summed E-state index contributed by atoms with van der Waals surface area (Å²) in [6, 6.07) is 26.3. The zero-order chi connectivity index (χ0) is 24.0. The zero-order valence-electron chi connectivity index (χ0n) is 19.1. The van der Waals surface area contributed by atoms with E-state index in [-0.39, 0.29) is 5.91 Å². The number of aromatic nitrogens is 2. The van der Waals surface area contributed by atoms with Gasteiger partial charge in [-0.05, 0) is 73.2 Å². The molecule has 174 valence electrons. The quantitative estimate of drug-likeness (QED) is 0.246. The second kappa shape index (κ2) is 10.4. The Hall–Kier alpha value is -4.23. The van der Waals surface area contributed by atoms with Crippen molar-refractivity contribution in [1.29, 1.82) is 0 Å². The number of thiazole rings is 1. The summed E-state index contributed by atoms with van der Waals surface area (Å²) in [5.41, 5.74) is 2.28. The summed E-state index contributed by atoms with van der Waals surface area (Å²) in [4.78, 5) is 24.3. The average molecular weight is 482 g/mol. The SMILES string of the molecule is CCOc1ccc2nc(N(Cc3cccnc3)C(=O)c3ccc(Oc4ccccc4)cc3)sc2c1. The number of fused-ring (bicyclic) bond motifs is 1. The van der Waals surface area contributed by atoms with Crippen molar-refractivity contribution in [2.24, 2.45) is 0 Å². The maximum Gasteiger partial charge on any atom is 0.260 e. The monoisotopic (exact) mass is 481 g/mol. The van der Waals surface area contributed by atoms with Crippen LogP contribution < -0.4 is 14.4 Å². The van der Waals surface area contributed by atoms with Crippen molar-refractivity contribution in [2.45, 2.75) is 13.5 Å². The van der Waals surface area contributed by atoms with Gasteiger partial charge in [0.25, 0.3) is 5.91 Å². The Morgan fingerprint density at radius 3 is 2.43 bits per heavy atom. The van der Waals surface area contributed by atoms with Crippen LogP contribution in [0, 0.1) is 0 Å². The summed E-state index contributed by atoms with van der Waals surface area (Å²) in [6.45, 7) is 2.90. The van der Waals surface area contributed by atoms with Gasteiger partial charge in [-0.25, -0.2) is 4.98 Å². The molecule has 0 N–H and O–H groups in total. The Balaban J connectivity index is 1.45. The van der Waals surface area contributed by atoms with E-state index in [0.717, 1.165) is 27.3 Å². The molecule has 0 spiro atoms. The van der Waals surface area contributed by atoms with Gasteiger partial charge in [0.15, 0.2) is 5.13 Å². The molecule has 0 unspecified atom stereocenters. The third-order valence-electron chi connectivity index (χ3n) is 5.28. The van der Waals surface area contributed by atoms with Crippen LogP contribution in [0.1, 0.15) is 22.8 Å². The van der Waals surface area contributed by atoms with Crippen molar-refractivity contribution >= 4 is 32.6 Å². The molecule has 2 heterocycles. The number of hydrogen-bond acceptors (Lipinski definition) is 6. The minimum atomic E-state index is -0.149. The summed E-state index contributed by atoms with van der Waals surface area (Å²) in [7, 11) is 0. The number of nitrogens with zero attached hydrogens (tertiary/aromatic N) is 3. The van der Waals surface area contributed by atoms with Crippen molar-refractivity contribution in [3.05, 3.63) is 108 Å². The Bertz CT molecular complexity index is 1420. The number of pyridine rings is 1. The molecule has 0 atom stereocenters. The number of anilines is 1. The Morgan fingerprint density at radius 2 is 1.69 bits per heavy atom. The standard InChI is InChI=1S/C28H23N3O3S/c1-2-33-24-14-15-25-26(17-24)35-28(30-25)31(19-20-7-6-16-29-18-20)27(32)21-10-12-23(13-11-21)34-22-8-4-3-5-9-22/h3-18H,2,19H2,1H3. The van der Waals surface area contributed by atoms with E-state index in [1.807, 2.05) is 67.6 Å². The predicted molar refractivity (Wildman–Crippen MR) is 138 cm³/mol. The van der Waals surface area contributed by atoms with Crippen molar-refractivity contribution in [3.63, 3.8) is 0 Å². The Morgan fingerprint density at radius 1 is 0.914 bits per heavy atom. The normalized spacial score (nSPS) is 10.8. The summed E-state index contributed by atoms with van der Waals surface area (Å²) >= 11 is 1.46. The van der Waals surface area contributed by atoms with Crippen LogP contribution in [-0.2, 0) is 6.54 Å². The first-order valence-corrected chi connectivity index (χ1v) is 12.1. The zero-order valence-corrected chi connectivity index (χ0v) is 19.9. The summed E-state index contributed by atoms with van der Waals surface area (Å²) in [5, 5.41) is 0.618. The highest BCUT2D eigenvalue weighted by molar-refractivity contribution is 7.22. The van der Waals surface area contributed by atoms with Gasteiger partial charge in [-0.15, -0.1) is 0 Å². The molecular formula is C28H23N3O3S. The molecule has 6 nitrogen and oxygen atoms in total. The molecule has 7 heteroatoms. The molecule has 0 saturated carbocycles. The summed E-state index contributed by atoms with van der Waals surface area (Å²) < 4.78 is 12.5. The van der Waals surface area contributed by atoms with Crippen LogP contribution in [-0.4, -0.2) is 22.5 Å². The van der Waals surface area contributed by atoms with E-state index in [9.17, 15) is 4.79 Å². The maximum atomic E-state index is 13.7. The van der Waals surface area contributed by atoms with Crippen LogP contribution in [0.25, 0.3) is 10.2 Å². The van der Waals surface area contributed by atoms with E-state index in [0.29, 0.717) is 29.6 Å². The molecule has 0 radical (unpaired) electrons. The lowest BCUT2D eigenvalue weighted by molar-refractivity contribution is 0.0985. The van der Waals surface area contributed by atoms with Crippen LogP contribution in [0.3, 0.4) is 0 Å². The van der Waals surface area contributed by atoms with Gasteiger partial charge in [0, 0.05) is 18.0 Å². The van der Waals surface area contributed by atoms with Gasteiger partial charge in [-0.3, -0.25) is 14.7 Å². The summed E-state index contributed by atoms with van der Waals surface area (Å²) in [5.74, 6) is 2.04. The van der Waals surface area contributed by atoms with E-state index >= 15 is 0 Å². The van der Waals surface area contributed by atoms with E-state index in [1.54, 1.807) is 41.6 Å². The molecule has 0 saturated heterocycles. The minimum Gasteiger partial charge on any atom is -0.494 e. The van der Waals surface area contributed by atoms with Gasteiger partial charge in [0.1, 0.15) is 17.2 Å². The van der Waals surface area contributed by atoms with Crippen molar-refractivity contribution in [1.82, 2.24) is 9.97 Å². The first-order chi connectivity index (χ1) is 17.2. The lowest BCUT2D eigenvalue weighted by atomic mass is 10.1.